The normalized spacial score (nSPS) is 15.8. The molecule has 2 fully saturated rings. The number of ether oxygens (including phenoxy) is 5. The largest absolute Gasteiger partial charge is 0.462 e. The summed E-state index contributed by atoms with van der Waals surface area (Å²) in [6.45, 7) is 7.56. The van der Waals surface area contributed by atoms with Gasteiger partial charge in [0.05, 0.1) is 19.8 Å². The Balaban J connectivity index is 1.44. The lowest BCUT2D eigenvalue weighted by molar-refractivity contribution is -0.139. The van der Waals surface area contributed by atoms with Crippen molar-refractivity contribution in [2.75, 3.05) is 105 Å². The maximum absolute atomic E-state index is 12.0. The summed E-state index contributed by atoms with van der Waals surface area (Å²) in [7, 11) is 1.55. The van der Waals surface area contributed by atoms with Crippen molar-refractivity contribution in [2.24, 2.45) is 0 Å². The van der Waals surface area contributed by atoms with Gasteiger partial charge in [-0.1, -0.05) is 0 Å². The number of carbonyl (C=O) groups is 4. The average molecular weight is 667 g/mol. The van der Waals surface area contributed by atoms with Gasteiger partial charge in [-0.25, -0.2) is 19.2 Å². The quantitative estimate of drug-likeness (QED) is 0.0767. The molecule has 0 spiro atoms. The van der Waals surface area contributed by atoms with Crippen molar-refractivity contribution in [3.05, 3.63) is 49.1 Å². The molecule has 2 saturated heterocycles. The number of methoxy groups -OCH3 is 1. The van der Waals surface area contributed by atoms with E-state index in [-0.39, 0.29) is 24.5 Å². The minimum absolute atomic E-state index is 0.228. The Morgan fingerprint density at radius 2 is 0.826 bits per heavy atom. The SMILES string of the molecule is COCCOC(=O)/C=C/N1CCN(/C=C/C(=O)OCCCCCCOC(=O)/C=C/N2CCN(/C=C/C(=O)OCCSC)CC2)CC1. The number of nitrogens with zero attached hydrogens (tertiary/aromatic N) is 4. The first-order valence-corrected chi connectivity index (χ1v) is 17.1. The zero-order valence-corrected chi connectivity index (χ0v) is 28.0. The summed E-state index contributed by atoms with van der Waals surface area (Å²) in [6, 6.07) is 0. The summed E-state index contributed by atoms with van der Waals surface area (Å²) < 4.78 is 25.5. The van der Waals surface area contributed by atoms with Gasteiger partial charge in [0, 0.05) is 114 Å². The molecule has 14 heteroatoms. The van der Waals surface area contributed by atoms with Gasteiger partial charge in [-0.05, 0) is 31.9 Å². The molecule has 0 bridgehead atoms. The maximum atomic E-state index is 12.0. The molecule has 0 unspecified atom stereocenters. The predicted molar refractivity (Wildman–Crippen MR) is 175 cm³/mol. The molecular weight excluding hydrogens is 616 g/mol. The Hall–Kier alpha value is -3.65. The van der Waals surface area contributed by atoms with Crippen LogP contribution < -0.4 is 0 Å². The Bertz CT molecular complexity index is 941. The molecule has 0 aromatic heterocycles. The van der Waals surface area contributed by atoms with Crippen LogP contribution in [0.25, 0.3) is 0 Å². The third-order valence-corrected chi connectivity index (χ3v) is 7.55. The summed E-state index contributed by atoms with van der Waals surface area (Å²) in [6.07, 6.45) is 17.9. The Morgan fingerprint density at radius 1 is 0.500 bits per heavy atom. The zero-order valence-electron chi connectivity index (χ0n) is 27.2. The molecule has 0 aromatic rings. The number of esters is 4. The topological polar surface area (TPSA) is 127 Å². The van der Waals surface area contributed by atoms with E-state index in [4.69, 9.17) is 23.7 Å². The highest BCUT2D eigenvalue weighted by Gasteiger charge is 2.13. The lowest BCUT2D eigenvalue weighted by Gasteiger charge is -2.33. The van der Waals surface area contributed by atoms with Crippen molar-refractivity contribution >= 4 is 35.6 Å². The second kappa shape index (κ2) is 24.6. The van der Waals surface area contributed by atoms with Crippen molar-refractivity contribution in [3.63, 3.8) is 0 Å². The second-order valence-corrected chi connectivity index (χ2v) is 11.5. The molecule has 258 valence electrons. The van der Waals surface area contributed by atoms with E-state index in [2.05, 4.69) is 4.90 Å². The van der Waals surface area contributed by atoms with Gasteiger partial charge in [-0.3, -0.25) is 0 Å². The first-order valence-electron chi connectivity index (χ1n) is 15.7. The van der Waals surface area contributed by atoms with Crippen LogP contribution in [-0.4, -0.2) is 148 Å². The molecule has 0 amide bonds. The predicted octanol–water partition coefficient (Wildman–Crippen LogP) is 2.02. The molecule has 2 heterocycles. The third kappa shape index (κ3) is 19.0. The highest BCUT2D eigenvalue weighted by Crippen LogP contribution is 2.06. The molecule has 0 saturated carbocycles. The van der Waals surface area contributed by atoms with Crippen molar-refractivity contribution in [1.29, 1.82) is 0 Å². The van der Waals surface area contributed by atoms with E-state index in [0.29, 0.717) is 26.4 Å². The van der Waals surface area contributed by atoms with Gasteiger partial charge in [0.25, 0.3) is 0 Å². The second-order valence-electron chi connectivity index (χ2n) is 10.5. The van der Waals surface area contributed by atoms with Gasteiger partial charge < -0.3 is 43.3 Å². The first-order chi connectivity index (χ1) is 22.4. The van der Waals surface area contributed by atoms with Crippen LogP contribution in [-0.2, 0) is 42.9 Å². The smallest absolute Gasteiger partial charge is 0.332 e. The van der Waals surface area contributed by atoms with Crippen LogP contribution in [0.1, 0.15) is 25.7 Å². The summed E-state index contributed by atoms with van der Waals surface area (Å²) in [5.74, 6) is -0.689. The molecule has 2 aliphatic rings. The standard InChI is InChI=1S/C32H50N4O9S/c1-41-25-26-44-31(39)9-13-35-19-15-33(16-20-35)11-7-29(37)42-23-5-3-4-6-24-43-30(38)8-12-34-17-21-36(22-18-34)14-10-32(40)45-27-28-46-2/h7-14H,3-6,15-28H2,1-2H3/b11-7+,12-8+,13-9+,14-10+. The molecule has 46 heavy (non-hydrogen) atoms. The fraction of sp³-hybridized carbons (Fsp3) is 0.625. The van der Waals surface area contributed by atoms with Crippen LogP contribution in [0.4, 0.5) is 0 Å². The van der Waals surface area contributed by atoms with Crippen molar-refractivity contribution in [2.45, 2.75) is 25.7 Å². The highest BCUT2D eigenvalue weighted by atomic mass is 32.2. The van der Waals surface area contributed by atoms with E-state index in [1.165, 1.54) is 24.3 Å². The lowest BCUT2D eigenvalue weighted by Crippen LogP contribution is -2.41. The maximum Gasteiger partial charge on any atom is 0.332 e. The minimum atomic E-state index is -0.398. The molecular formula is C32H50N4O9S. The van der Waals surface area contributed by atoms with E-state index in [1.807, 2.05) is 21.0 Å². The lowest BCUT2D eigenvalue weighted by atomic mass is 10.2. The van der Waals surface area contributed by atoms with E-state index < -0.39 is 5.97 Å². The average Bonchev–Trinajstić information content (AvgIpc) is 3.07. The number of piperazine rings is 2. The van der Waals surface area contributed by atoms with E-state index >= 15 is 0 Å². The van der Waals surface area contributed by atoms with Crippen LogP contribution in [0.5, 0.6) is 0 Å². The molecule has 0 N–H and O–H groups in total. The molecule has 0 aromatic carbocycles. The monoisotopic (exact) mass is 666 g/mol. The molecule has 0 aliphatic carbocycles. The summed E-state index contributed by atoms with van der Waals surface area (Å²) in [5.41, 5.74) is 0. The van der Waals surface area contributed by atoms with Gasteiger partial charge in [-0.2, -0.15) is 11.8 Å². The van der Waals surface area contributed by atoms with Crippen molar-refractivity contribution in [3.8, 4) is 0 Å². The van der Waals surface area contributed by atoms with Crippen molar-refractivity contribution in [1.82, 2.24) is 19.6 Å². The number of rotatable bonds is 21. The summed E-state index contributed by atoms with van der Waals surface area (Å²) in [4.78, 5) is 55.5. The van der Waals surface area contributed by atoms with Crippen LogP contribution in [0.15, 0.2) is 49.1 Å². The highest BCUT2D eigenvalue weighted by molar-refractivity contribution is 7.98. The molecule has 0 radical (unpaired) electrons. The number of thioether (sulfide) groups is 1. The first kappa shape index (κ1) is 38.5. The number of carbonyl (C=O) groups excluding carboxylic acids is 4. The van der Waals surface area contributed by atoms with Crippen LogP contribution >= 0.6 is 11.8 Å². The fourth-order valence-corrected chi connectivity index (χ4v) is 4.53. The van der Waals surface area contributed by atoms with Crippen molar-refractivity contribution < 1.29 is 42.9 Å². The Morgan fingerprint density at radius 3 is 1.15 bits per heavy atom. The Labute approximate surface area is 277 Å². The van der Waals surface area contributed by atoms with Gasteiger partial charge in [0.15, 0.2) is 0 Å². The van der Waals surface area contributed by atoms with Gasteiger partial charge in [0.2, 0.25) is 0 Å². The minimum Gasteiger partial charge on any atom is -0.462 e. The zero-order chi connectivity index (χ0) is 33.2. The molecule has 13 nitrogen and oxygen atoms in total. The third-order valence-electron chi connectivity index (χ3n) is 6.97. The fourth-order valence-electron chi connectivity index (χ4n) is 4.28. The van der Waals surface area contributed by atoms with Gasteiger partial charge in [-0.15, -0.1) is 0 Å². The van der Waals surface area contributed by atoms with Crippen LogP contribution in [0.3, 0.4) is 0 Å². The molecule has 2 rings (SSSR count). The van der Waals surface area contributed by atoms with Gasteiger partial charge >= 0.3 is 23.9 Å². The number of hydrogen-bond acceptors (Lipinski definition) is 14. The summed E-state index contributed by atoms with van der Waals surface area (Å²) >= 11 is 1.63. The number of unbranched alkanes of at least 4 members (excludes halogenated alkanes) is 3. The molecule has 2 aliphatic heterocycles. The number of hydrogen-bond donors (Lipinski definition) is 0. The van der Waals surface area contributed by atoms with Gasteiger partial charge in [0.1, 0.15) is 13.2 Å². The van der Waals surface area contributed by atoms with E-state index in [1.54, 1.807) is 43.7 Å². The van der Waals surface area contributed by atoms with E-state index in [0.717, 1.165) is 83.8 Å². The summed E-state index contributed by atoms with van der Waals surface area (Å²) in [5, 5.41) is 0. The Kier molecular flexibility index (Phi) is 20.6. The van der Waals surface area contributed by atoms with E-state index in [9.17, 15) is 19.2 Å². The van der Waals surface area contributed by atoms with Crippen LogP contribution in [0, 0.1) is 0 Å². The molecule has 0 atom stereocenters. The van der Waals surface area contributed by atoms with Crippen LogP contribution in [0.2, 0.25) is 0 Å².